The van der Waals surface area contributed by atoms with E-state index < -0.39 is 0 Å². The number of nitrogens with zero attached hydrogens (tertiary/aromatic N) is 4. The fourth-order valence-electron chi connectivity index (χ4n) is 2.36. The zero-order valence-corrected chi connectivity index (χ0v) is 12.5. The summed E-state index contributed by atoms with van der Waals surface area (Å²) in [6.07, 6.45) is 7.97. The molecule has 3 aromatic rings. The molecule has 108 valence electrons. The summed E-state index contributed by atoms with van der Waals surface area (Å²) in [5.41, 5.74) is 3.48. The topological polar surface area (TPSA) is 35.6 Å². The van der Waals surface area contributed by atoms with E-state index in [9.17, 15) is 0 Å². The number of benzene rings is 1. The van der Waals surface area contributed by atoms with Crippen LogP contribution in [0.4, 0.5) is 0 Å². The van der Waals surface area contributed by atoms with Gasteiger partial charge in [-0.1, -0.05) is 44.2 Å². The SMILES string of the molecule is CC(C)Cn1cc(-c2cnn(Cc3ccccc3)c2)cn1. The first-order valence-electron chi connectivity index (χ1n) is 7.30. The Labute approximate surface area is 125 Å². The number of aromatic nitrogens is 4. The predicted molar refractivity (Wildman–Crippen MR) is 83.8 cm³/mol. The summed E-state index contributed by atoms with van der Waals surface area (Å²) in [4.78, 5) is 0. The normalized spacial score (nSPS) is 11.2. The van der Waals surface area contributed by atoms with Crippen LogP contribution >= 0.6 is 0 Å². The van der Waals surface area contributed by atoms with Crippen molar-refractivity contribution in [2.45, 2.75) is 26.9 Å². The lowest BCUT2D eigenvalue weighted by molar-refractivity contribution is 0.483. The molecular formula is C17H20N4. The van der Waals surface area contributed by atoms with Crippen molar-refractivity contribution in [3.8, 4) is 11.1 Å². The molecular weight excluding hydrogens is 260 g/mol. The maximum atomic E-state index is 4.44. The molecule has 4 nitrogen and oxygen atoms in total. The van der Waals surface area contributed by atoms with E-state index in [4.69, 9.17) is 0 Å². The van der Waals surface area contributed by atoms with Crippen LogP contribution in [0.3, 0.4) is 0 Å². The second kappa shape index (κ2) is 5.95. The first-order valence-corrected chi connectivity index (χ1v) is 7.30. The van der Waals surface area contributed by atoms with E-state index in [1.165, 1.54) is 5.56 Å². The molecule has 3 rings (SSSR count). The maximum absolute atomic E-state index is 4.44. The second-order valence-corrected chi connectivity index (χ2v) is 5.76. The van der Waals surface area contributed by atoms with Gasteiger partial charge in [-0.05, 0) is 11.5 Å². The molecule has 0 N–H and O–H groups in total. The summed E-state index contributed by atoms with van der Waals surface area (Å²) < 4.78 is 3.96. The zero-order chi connectivity index (χ0) is 14.7. The van der Waals surface area contributed by atoms with Crippen LogP contribution in [0.15, 0.2) is 55.1 Å². The van der Waals surface area contributed by atoms with Gasteiger partial charge in [-0.25, -0.2) is 0 Å². The average molecular weight is 280 g/mol. The van der Waals surface area contributed by atoms with Crippen molar-refractivity contribution >= 4 is 0 Å². The van der Waals surface area contributed by atoms with Gasteiger partial charge in [0, 0.05) is 30.1 Å². The van der Waals surface area contributed by atoms with Gasteiger partial charge in [-0.3, -0.25) is 9.36 Å². The molecule has 0 spiro atoms. The van der Waals surface area contributed by atoms with Crippen molar-refractivity contribution in [3.05, 3.63) is 60.7 Å². The van der Waals surface area contributed by atoms with Crippen LogP contribution in [-0.2, 0) is 13.1 Å². The molecule has 0 aliphatic rings. The molecule has 0 fully saturated rings. The Balaban J connectivity index is 1.74. The second-order valence-electron chi connectivity index (χ2n) is 5.76. The molecule has 0 radical (unpaired) electrons. The fraction of sp³-hybridized carbons (Fsp3) is 0.294. The lowest BCUT2D eigenvalue weighted by Crippen LogP contribution is -2.03. The summed E-state index contributed by atoms with van der Waals surface area (Å²) in [5.74, 6) is 0.596. The van der Waals surface area contributed by atoms with E-state index in [-0.39, 0.29) is 0 Å². The smallest absolute Gasteiger partial charge is 0.0659 e. The zero-order valence-electron chi connectivity index (χ0n) is 12.5. The Kier molecular flexibility index (Phi) is 3.86. The minimum absolute atomic E-state index is 0.596. The van der Waals surface area contributed by atoms with Gasteiger partial charge in [0.15, 0.2) is 0 Å². The van der Waals surface area contributed by atoms with Crippen molar-refractivity contribution in [1.82, 2.24) is 19.6 Å². The van der Waals surface area contributed by atoms with Crippen molar-refractivity contribution in [3.63, 3.8) is 0 Å². The van der Waals surface area contributed by atoms with Crippen LogP contribution < -0.4 is 0 Å². The number of hydrogen-bond acceptors (Lipinski definition) is 2. The van der Waals surface area contributed by atoms with E-state index in [0.29, 0.717) is 5.92 Å². The molecule has 0 amide bonds. The summed E-state index contributed by atoms with van der Waals surface area (Å²) in [7, 11) is 0. The van der Waals surface area contributed by atoms with Crippen molar-refractivity contribution in [2.75, 3.05) is 0 Å². The molecule has 4 heteroatoms. The van der Waals surface area contributed by atoms with Crippen molar-refractivity contribution in [1.29, 1.82) is 0 Å². The lowest BCUT2D eigenvalue weighted by Gasteiger charge is -2.03. The minimum Gasteiger partial charge on any atom is -0.272 e. The standard InChI is InChI=1S/C17H20N4/c1-14(2)10-20-12-16(8-18-20)17-9-19-21(13-17)11-15-6-4-3-5-7-15/h3-9,12-14H,10-11H2,1-2H3. The number of hydrogen-bond donors (Lipinski definition) is 0. The highest BCUT2D eigenvalue weighted by atomic mass is 15.3. The summed E-state index contributed by atoms with van der Waals surface area (Å²) in [5, 5.41) is 8.84. The third-order valence-corrected chi connectivity index (χ3v) is 3.34. The van der Waals surface area contributed by atoms with Gasteiger partial charge in [0.25, 0.3) is 0 Å². The van der Waals surface area contributed by atoms with Crippen LogP contribution in [0.25, 0.3) is 11.1 Å². The van der Waals surface area contributed by atoms with Crippen LogP contribution in [0.2, 0.25) is 0 Å². The number of rotatable bonds is 5. The monoisotopic (exact) mass is 280 g/mol. The molecule has 0 atom stereocenters. The van der Waals surface area contributed by atoms with E-state index in [0.717, 1.165) is 24.2 Å². The fourth-order valence-corrected chi connectivity index (χ4v) is 2.36. The van der Waals surface area contributed by atoms with Crippen molar-refractivity contribution < 1.29 is 0 Å². The van der Waals surface area contributed by atoms with Crippen LogP contribution in [0, 0.1) is 5.92 Å². The highest BCUT2D eigenvalue weighted by Gasteiger charge is 2.06. The molecule has 0 saturated heterocycles. The summed E-state index contributed by atoms with van der Waals surface area (Å²) in [6, 6.07) is 10.4. The Hall–Kier alpha value is -2.36. The predicted octanol–water partition coefficient (Wildman–Crippen LogP) is 3.45. The highest BCUT2D eigenvalue weighted by molar-refractivity contribution is 5.59. The quantitative estimate of drug-likeness (QED) is 0.717. The lowest BCUT2D eigenvalue weighted by atomic mass is 10.2. The van der Waals surface area contributed by atoms with Gasteiger partial charge in [-0.15, -0.1) is 0 Å². The Morgan fingerprint density at radius 1 is 0.905 bits per heavy atom. The van der Waals surface area contributed by atoms with E-state index in [2.05, 4.69) is 60.7 Å². The van der Waals surface area contributed by atoms with Crippen LogP contribution in [0.5, 0.6) is 0 Å². The maximum Gasteiger partial charge on any atom is 0.0659 e. The van der Waals surface area contributed by atoms with Crippen LogP contribution in [0.1, 0.15) is 19.4 Å². The van der Waals surface area contributed by atoms with E-state index in [1.54, 1.807) is 0 Å². The van der Waals surface area contributed by atoms with E-state index >= 15 is 0 Å². The van der Waals surface area contributed by atoms with Gasteiger partial charge in [-0.2, -0.15) is 10.2 Å². The third kappa shape index (κ3) is 3.40. The first-order chi connectivity index (χ1) is 10.2. The molecule has 1 aromatic carbocycles. The third-order valence-electron chi connectivity index (χ3n) is 3.34. The molecule has 0 unspecified atom stereocenters. The van der Waals surface area contributed by atoms with Gasteiger partial charge >= 0.3 is 0 Å². The van der Waals surface area contributed by atoms with Crippen molar-refractivity contribution in [2.24, 2.45) is 5.92 Å². The van der Waals surface area contributed by atoms with Gasteiger partial charge in [0.05, 0.1) is 18.9 Å². The van der Waals surface area contributed by atoms with Gasteiger partial charge < -0.3 is 0 Å². The van der Waals surface area contributed by atoms with E-state index in [1.807, 2.05) is 27.8 Å². The Morgan fingerprint density at radius 3 is 2.19 bits per heavy atom. The largest absolute Gasteiger partial charge is 0.272 e. The molecule has 21 heavy (non-hydrogen) atoms. The molecule has 0 aliphatic carbocycles. The molecule has 0 saturated carbocycles. The average Bonchev–Trinajstić information content (AvgIpc) is 3.08. The minimum atomic E-state index is 0.596. The summed E-state index contributed by atoms with van der Waals surface area (Å²) in [6.45, 7) is 6.12. The molecule has 2 aromatic heterocycles. The van der Waals surface area contributed by atoms with Crippen LogP contribution in [-0.4, -0.2) is 19.6 Å². The molecule has 2 heterocycles. The summed E-state index contributed by atoms with van der Waals surface area (Å²) >= 11 is 0. The first kappa shape index (κ1) is 13.6. The van der Waals surface area contributed by atoms with Gasteiger partial charge in [0.1, 0.15) is 0 Å². The van der Waals surface area contributed by atoms with Gasteiger partial charge in [0.2, 0.25) is 0 Å². The Morgan fingerprint density at radius 2 is 1.52 bits per heavy atom. The molecule has 0 aliphatic heterocycles. The highest BCUT2D eigenvalue weighted by Crippen LogP contribution is 2.18. The molecule has 0 bridgehead atoms. The Bertz CT molecular complexity index is 694.